The summed E-state index contributed by atoms with van der Waals surface area (Å²) in [6, 6.07) is 3.76. The largest absolute Gasteiger partial charge is 0.453 e. The Labute approximate surface area is 135 Å². The standard InChI is InChI=1S/C15H20N6O2/c1-6-19-14(21-15(22)23-5)20-11-7-10(8-16)13(18-4)12(17-3)9(11)2/h7,18H,3,6H2,1-2,4-5H3,(H2,19,20,21,22). The third-order valence-electron chi connectivity index (χ3n) is 3.06. The van der Waals surface area contributed by atoms with E-state index < -0.39 is 6.09 Å². The Bertz CT molecular complexity index is 676. The summed E-state index contributed by atoms with van der Waals surface area (Å²) in [7, 11) is 2.97. The second kappa shape index (κ2) is 8.38. The molecule has 0 saturated heterocycles. The van der Waals surface area contributed by atoms with E-state index in [1.165, 1.54) is 7.11 Å². The lowest BCUT2D eigenvalue weighted by Gasteiger charge is -2.17. The van der Waals surface area contributed by atoms with Gasteiger partial charge in [-0.15, -0.1) is 0 Å². The Morgan fingerprint density at radius 2 is 2.22 bits per heavy atom. The monoisotopic (exact) mass is 316 g/mol. The number of alkyl carbamates (subject to hydrolysis) is 1. The van der Waals surface area contributed by atoms with Gasteiger partial charge >= 0.3 is 6.09 Å². The number of carbonyl (C=O) groups is 1. The first-order valence-corrected chi connectivity index (χ1v) is 6.90. The maximum Gasteiger partial charge on any atom is 0.413 e. The van der Waals surface area contributed by atoms with Crippen molar-refractivity contribution in [3.05, 3.63) is 17.2 Å². The molecule has 0 spiro atoms. The Morgan fingerprint density at radius 1 is 1.52 bits per heavy atom. The Kier molecular flexibility index (Phi) is 6.55. The average Bonchev–Trinajstić information content (AvgIpc) is 2.55. The van der Waals surface area contributed by atoms with Crippen LogP contribution >= 0.6 is 0 Å². The van der Waals surface area contributed by atoms with Crippen molar-refractivity contribution < 1.29 is 9.53 Å². The van der Waals surface area contributed by atoms with Gasteiger partial charge in [-0.1, -0.05) is 0 Å². The van der Waals surface area contributed by atoms with Crippen LogP contribution in [0, 0.1) is 18.3 Å². The van der Waals surface area contributed by atoms with Gasteiger partial charge in [0.05, 0.1) is 24.0 Å². The third-order valence-corrected chi connectivity index (χ3v) is 3.06. The van der Waals surface area contributed by atoms with Gasteiger partial charge in [-0.05, 0) is 26.6 Å². The summed E-state index contributed by atoms with van der Waals surface area (Å²) < 4.78 is 4.56. The zero-order chi connectivity index (χ0) is 17.4. The predicted molar refractivity (Wildman–Crippen MR) is 91.8 cm³/mol. The van der Waals surface area contributed by atoms with Crippen molar-refractivity contribution in [3.8, 4) is 6.07 Å². The lowest BCUT2D eigenvalue weighted by atomic mass is 10.0. The van der Waals surface area contributed by atoms with Crippen LogP contribution in [0.15, 0.2) is 16.1 Å². The van der Waals surface area contributed by atoms with Crippen LogP contribution in [0.2, 0.25) is 0 Å². The number of rotatable bonds is 4. The van der Waals surface area contributed by atoms with E-state index in [9.17, 15) is 10.1 Å². The van der Waals surface area contributed by atoms with Crippen LogP contribution in [0.25, 0.3) is 0 Å². The molecular weight excluding hydrogens is 296 g/mol. The van der Waals surface area contributed by atoms with E-state index in [0.29, 0.717) is 29.2 Å². The van der Waals surface area contributed by atoms with Crippen molar-refractivity contribution in [2.45, 2.75) is 13.8 Å². The first-order chi connectivity index (χ1) is 11.0. The second-order valence-electron chi connectivity index (χ2n) is 4.40. The number of nitrogens with one attached hydrogen (secondary N) is 3. The minimum Gasteiger partial charge on any atom is -0.453 e. The smallest absolute Gasteiger partial charge is 0.413 e. The fraction of sp³-hybridized carbons (Fsp3) is 0.333. The molecule has 0 saturated carbocycles. The van der Waals surface area contributed by atoms with Gasteiger partial charge < -0.3 is 15.4 Å². The maximum atomic E-state index is 11.4. The molecule has 0 bridgehead atoms. The number of hydrogen-bond acceptors (Lipinski definition) is 6. The summed E-state index contributed by atoms with van der Waals surface area (Å²) in [5.41, 5.74) is 2.91. The minimum atomic E-state index is -0.642. The van der Waals surface area contributed by atoms with Crippen LogP contribution < -0.4 is 16.0 Å². The molecule has 23 heavy (non-hydrogen) atoms. The number of carbonyl (C=O) groups excluding carboxylic acids is 1. The van der Waals surface area contributed by atoms with Crippen molar-refractivity contribution in [1.29, 1.82) is 5.26 Å². The van der Waals surface area contributed by atoms with E-state index in [2.05, 4.69) is 43.5 Å². The molecule has 0 heterocycles. The van der Waals surface area contributed by atoms with Crippen LogP contribution in [0.5, 0.6) is 0 Å². The molecule has 0 aliphatic rings. The lowest BCUT2D eigenvalue weighted by molar-refractivity contribution is 0.177. The minimum absolute atomic E-state index is 0.221. The molecule has 8 nitrogen and oxygen atoms in total. The molecule has 1 rings (SSSR count). The number of ether oxygens (including phenoxy) is 1. The number of nitriles is 1. The Hall–Kier alpha value is -3.08. The maximum absolute atomic E-state index is 11.4. The van der Waals surface area contributed by atoms with Crippen LogP contribution in [-0.2, 0) is 4.74 Å². The molecule has 0 radical (unpaired) electrons. The summed E-state index contributed by atoms with van der Waals surface area (Å²) in [5.74, 6) is 0.221. The third kappa shape index (κ3) is 4.20. The van der Waals surface area contributed by atoms with Gasteiger partial charge in [0.1, 0.15) is 6.07 Å². The summed E-state index contributed by atoms with van der Waals surface area (Å²) in [6.45, 7) is 7.66. The highest BCUT2D eigenvalue weighted by molar-refractivity contribution is 6.03. The number of anilines is 2. The van der Waals surface area contributed by atoms with Gasteiger partial charge in [0.2, 0.25) is 5.96 Å². The van der Waals surface area contributed by atoms with E-state index >= 15 is 0 Å². The van der Waals surface area contributed by atoms with E-state index in [0.717, 1.165) is 5.56 Å². The quantitative estimate of drug-likeness (QED) is 0.583. The average molecular weight is 316 g/mol. The molecule has 122 valence electrons. The Balaban J connectivity index is 3.31. The van der Waals surface area contributed by atoms with Gasteiger partial charge in [-0.25, -0.2) is 4.79 Å². The summed E-state index contributed by atoms with van der Waals surface area (Å²) in [4.78, 5) is 19.5. The molecule has 0 fully saturated rings. The SMILES string of the molecule is C=Nc1c(C)c(NC(=NCC)NC(=O)OC)cc(C#N)c1NC. The molecule has 0 atom stereocenters. The fourth-order valence-electron chi connectivity index (χ4n) is 1.98. The number of amides is 1. The molecule has 0 aromatic heterocycles. The molecule has 3 N–H and O–H groups in total. The van der Waals surface area contributed by atoms with Crippen LogP contribution in [-0.4, -0.2) is 39.5 Å². The number of methoxy groups -OCH3 is 1. The molecule has 0 aliphatic carbocycles. The summed E-state index contributed by atoms with van der Waals surface area (Å²) in [6.07, 6.45) is -0.642. The lowest BCUT2D eigenvalue weighted by Crippen LogP contribution is -2.36. The highest BCUT2D eigenvalue weighted by Gasteiger charge is 2.15. The van der Waals surface area contributed by atoms with E-state index in [4.69, 9.17) is 0 Å². The van der Waals surface area contributed by atoms with Crippen molar-refractivity contribution in [2.75, 3.05) is 31.3 Å². The molecular formula is C15H20N6O2. The van der Waals surface area contributed by atoms with Gasteiger partial charge in [-0.3, -0.25) is 15.3 Å². The van der Waals surface area contributed by atoms with E-state index in [-0.39, 0.29) is 5.96 Å². The second-order valence-corrected chi connectivity index (χ2v) is 4.40. The van der Waals surface area contributed by atoms with Crippen molar-refractivity contribution in [3.63, 3.8) is 0 Å². The van der Waals surface area contributed by atoms with Crippen molar-refractivity contribution in [1.82, 2.24) is 5.32 Å². The molecule has 1 amide bonds. The normalized spacial score (nSPS) is 10.5. The van der Waals surface area contributed by atoms with E-state index in [1.807, 2.05) is 13.8 Å². The molecule has 0 unspecified atom stereocenters. The Morgan fingerprint density at radius 3 is 2.70 bits per heavy atom. The highest BCUT2D eigenvalue weighted by atomic mass is 16.5. The number of hydrogen-bond donors (Lipinski definition) is 3. The van der Waals surface area contributed by atoms with Crippen LogP contribution in [0.3, 0.4) is 0 Å². The summed E-state index contributed by atoms with van der Waals surface area (Å²) in [5, 5.41) is 17.7. The molecule has 1 aromatic rings. The topological polar surface area (TPSA) is 111 Å². The van der Waals surface area contributed by atoms with Gasteiger partial charge in [0.15, 0.2) is 0 Å². The molecule has 8 heteroatoms. The van der Waals surface area contributed by atoms with Crippen molar-refractivity contribution >= 4 is 35.8 Å². The van der Waals surface area contributed by atoms with Crippen molar-refractivity contribution in [2.24, 2.45) is 9.98 Å². The first-order valence-electron chi connectivity index (χ1n) is 6.90. The summed E-state index contributed by atoms with van der Waals surface area (Å²) >= 11 is 0. The van der Waals surface area contributed by atoms with Gasteiger partial charge in [0, 0.05) is 24.8 Å². The van der Waals surface area contributed by atoms with Crippen LogP contribution in [0.1, 0.15) is 18.1 Å². The zero-order valence-electron chi connectivity index (χ0n) is 13.6. The zero-order valence-corrected chi connectivity index (χ0v) is 13.6. The molecule has 1 aromatic carbocycles. The number of benzene rings is 1. The molecule has 0 aliphatic heterocycles. The first kappa shape index (κ1) is 18.0. The number of aliphatic imine (C=N–C) groups is 2. The van der Waals surface area contributed by atoms with Gasteiger partial charge in [-0.2, -0.15) is 5.26 Å². The fourth-order valence-corrected chi connectivity index (χ4v) is 1.98. The number of guanidine groups is 1. The highest BCUT2D eigenvalue weighted by Crippen LogP contribution is 2.36. The van der Waals surface area contributed by atoms with E-state index in [1.54, 1.807) is 13.1 Å². The number of nitrogens with zero attached hydrogens (tertiary/aromatic N) is 3. The van der Waals surface area contributed by atoms with Crippen LogP contribution in [0.4, 0.5) is 21.9 Å². The predicted octanol–water partition coefficient (Wildman–Crippen LogP) is 2.38. The van der Waals surface area contributed by atoms with Gasteiger partial charge in [0.25, 0.3) is 0 Å².